The van der Waals surface area contributed by atoms with Gasteiger partial charge in [0, 0.05) is 26.4 Å². The minimum absolute atomic E-state index is 0.215. The van der Waals surface area contributed by atoms with Crippen LogP contribution in [0.15, 0.2) is 0 Å². The minimum Gasteiger partial charge on any atom is -0.381 e. The van der Waals surface area contributed by atoms with Gasteiger partial charge in [-0.1, -0.05) is 12.8 Å². The van der Waals surface area contributed by atoms with Crippen LogP contribution in [0.4, 0.5) is 0 Å². The number of nitrogens with zero attached hydrogens (tertiary/aromatic N) is 1. The molecule has 0 N–H and O–H groups in total. The Morgan fingerprint density at radius 3 is 2.47 bits per heavy atom. The standard InChI is InChI=1S/C15H27NO3/c16-9-14-18-11-5-2-1-4-10-17-13-8-15-7-3-6-12-19-15/h15H,1-8,10-14H2. The van der Waals surface area contributed by atoms with Crippen LogP contribution in [0.2, 0.25) is 0 Å². The van der Waals surface area contributed by atoms with Crippen molar-refractivity contribution in [2.45, 2.75) is 57.5 Å². The lowest BCUT2D eigenvalue weighted by Gasteiger charge is -2.22. The van der Waals surface area contributed by atoms with E-state index in [9.17, 15) is 0 Å². The zero-order valence-electron chi connectivity index (χ0n) is 11.9. The van der Waals surface area contributed by atoms with Gasteiger partial charge in [0.25, 0.3) is 0 Å². The molecule has 1 unspecified atom stereocenters. The summed E-state index contributed by atoms with van der Waals surface area (Å²) >= 11 is 0. The molecule has 0 spiro atoms. The van der Waals surface area contributed by atoms with E-state index in [1.165, 1.54) is 25.7 Å². The molecule has 0 amide bonds. The summed E-state index contributed by atoms with van der Waals surface area (Å²) in [6, 6.07) is 1.97. The zero-order valence-corrected chi connectivity index (χ0v) is 11.9. The van der Waals surface area contributed by atoms with E-state index in [4.69, 9.17) is 19.5 Å². The van der Waals surface area contributed by atoms with Crippen LogP contribution in [-0.2, 0) is 14.2 Å². The first-order valence-corrected chi connectivity index (χ1v) is 7.57. The first-order chi connectivity index (χ1) is 9.43. The second-order valence-corrected chi connectivity index (χ2v) is 5.01. The lowest BCUT2D eigenvalue weighted by atomic mass is 10.1. The van der Waals surface area contributed by atoms with Gasteiger partial charge in [0.2, 0.25) is 0 Å². The van der Waals surface area contributed by atoms with Crippen molar-refractivity contribution in [3.05, 3.63) is 0 Å². The van der Waals surface area contributed by atoms with Gasteiger partial charge in [-0.05, 0) is 38.5 Å². The second-order valence-electron chi connectivity index (χ2n) is 5.01. The molecule has 0 bridgehead atoms. The fourth-order valence-corrected chi connectivity index (χ4v) is 2.23. The summed E-state index contributed by atoms with van der Waals surface area (Å²) in [5.41, 5.74) is 0. The Hall–Kier alpha value is -0.630. The predicted molar refractivity (Wildman–Crippen MR) is 73.9 cm³/mol. The van der Waals surface area contributed by atoms with E-state index in [0.29, 0.717) is 12.7 Å². The Balaban J connectivity index is 1.72. The first kappa shape index (κ1) is 16.4. The number of rotatable bonds is 11. The number of hydrogen-bond donors (Lipinski definition) is 0. The molecule has 1 aliphatic rings. The van der Waals surface area contributed by atoms with Crippen molar-refractivity contribution in [1.29, 1.82) is 5.26 Å². The minimum atomic E-state index is 0.215. The monoisotopic (exact) mass is 269 g/mol. The van der Waals surface area contributed by atoms with E-state index >= 15 is 0 Å². The molecule has 0 aromatic rings. The van der Waals surface area contributed by atoms with E-state index < -0.39 is 0 Å². The third-order valence-electron chi connectivity index (χ3n) is 3.35. The van der Waals surface area contributed by atoms with E-state index in [0.717, 1.165) is 45.5 Å². The lowest BCUT2D eigenvalue weighted by molar-refractivity contribution is -0.00785. The van der Waals surface area contributed by atoms with Gasteiger partial charge in [-0.2, -0.15) is 5.26 Å². The van der Waals surface area contributed by atoms with Crippen molar-refractivity contribution in [3.8, 4) is 6.07 Å². The van der Waals surface area contributed by atoms with Crippen LogP contribution >= 0.6 is 0 Å². The van der Waals surface area contributed by atoms with Crippen molar-refractivity contribution in [2.75, 3.05) is 33.0 Å². The summed E-state index contributed by atoms with van der Waals surface area (Å²) < 4.78 is 16.4. The number of ether oxygens (including phenoxy) is 3. The molecule has 1 saturated heterocycles. The van der Waals surface area contributed by atoms with Crippen LogP contribution < -0.4 is 0 Å². The molecule has 1 aliphatic heterocycles. The van der Waals surface area contributed by atoms with E-state index in [1.54, 1.807) is 0 Å². The molecule has 4 nitrogen and oxygen atoms in total. The largest absolute Gasteiger partial charge is 0.381 e. The molecule has 1 rings (SSSR count). The van der Waals surface area contributed by atoms with Gasteiger partial charge in [-0.25, -0.2) is 0 Å². The van der Waals surface area contributed by atoms with Gasteiger partial charge in [0.1, 0.15) is 6.61 Å². The predicted octanol–water partition coefficient (Wildman–Crippen LogP) is 3.06. The molecule has 0 radical (unpaired) electrons. The van der Waals surface area contributed by atoms with E-state index in [2.05, 4.69) is 0 Å². The Labute approximate surface area is 117 Å². The van der Waals surface area contributed by atoms with Crippen LogP contribution in [0.1, 0.15) is 51.4 Å². The van der Waals surface area contributed by atoms with E-state index in [-0.39, 0.29) is 6.61 Å². The summed E-state index contributed by atoms with van der Waals surface area (Å²) in [6.07, 6.45) is 9.69. The van der Waals surface area contributed by atoms with Crippen molar-refractivity contribution < 1.29 is 14.2 Å². The molecule has 0 aromatic heterocycles. The summed E-state index contributed by atoms with van der Waals surface area (Å²) in [5.74, 6) is 0. The summed E-state index contributed by atoms with van der Waals surface area (Å²) in [4.78, 5) is 0. The third kappa shape index (κ3) is 9.89. The smallest absolute Gasteiger partial charge is 0.133 e. The number of hydrogen-bond acceptors (Lipinski definition) is 4. The van der Waals surface area contributed by atoms with Crippen molar-refractivity contribution in [1.82, 2.24) is 0 Å². The zero-order chi connectivity index (χ0) is 13.6. The average molecular weight is 269 g/mol. The Morgan fingerprint density at radius 1 is 1.00 bits per heavy atom. The maximum Gasteiger partial charge on any atom is 0.133 e. The normalized spacial score (nSPS) is 19.2. The summed E-state index contributed by atoms with van der Waals surface area (Å²) in [5, 5.41) is 8.28. The quantitative estimate of drug-likeness (QED) is 0.541. The van der Waals surface area contributed by atoms with Crippen molar-refractivity contribution >= 4 is 0 Å². The van der Waals surface area contributed by atoms with Gasteiger partial charge in [-0.15, -0.1) is 0 Å². The van der Waals surface area contributed by atoms with Gasteiger partial charge >= 0.3 is 0 Å². The molecule has 0 aromatic carbocycles. The molecular weight excluding hydrogens is 242 g/mol. The molecule has 0 aliphatic carbocycles. The molecule has 1 heterocycles. The van der Waals surface area contributed by atoms with Crippen LogP contribution in [0.3, 0.4) is 0 Å². The maximum atomic E-state index is 8.28. The fraction of sp³-hybridized carbons (Fsp3) is 0.933. The SMILES string of the molecule is N#CCOCCCCCCOCCC1CCCCO1. The third-order valence-corrected chi connectivity index (χ3v) is 3.35. The molecule has 19 heavy (non-hydrogen) atoms. The average Bonchev–Trinajstić information content (AvgIpc) is 2.46. The van der Waals surface area contributed by atoms with Crippen molar-refractivity contribution in [2.24, 2.45) is 0 Å². The lowest BCUT2D eigenvalue weighted by Crippen LogP contribution is -2.20. The van der Waals surface area contributed by atoms with Gasteiger partial charge < -0.3 is 14.2 Å². The highest BCUT2D eigenvalue weighted by Crippen LogP contribution is 2.15. The topological polar surface area (TPSA) is 51.5 Å². The second kappa shape index (κ2) is 12.4. The Morgan fingerprint density at radius 2 is 1.79 bits per heavy atom. The summed E-state index contributed by atoms with van der Waals surface area (Å²) in [7, 11) is 0. The molecule has 110 valence electrons. The van der Waals surface area contributed by atoms with Crippen LogP contribution in [-0.4, -0.2) is 39.1 Å². The molecule has 1 atom stereocenters. The number of unbranched alkanes of at least 4 members (excludes halogenated alkanes) is 3. The highest BCUT2D eigenvalue weighted by Gasteiger charge is 2.12. The molecular formula is C15H27NO3. The highest BCUT2D eigenvalue weighted by atomic mass is 16.5. The van der Waals surface area contributed by atoms with Crippen LogP contribution in [0.5, 0.6) is 0 Å². The molecule has 1 fully saturated rings. The first-order valence-electron chi connectivity index (χ1n) is 7.57. The Kier molecular flexibility index (Phi) is 10.7. The summed E-state index contributed by atoms with van der Waals surface area (Å²) in [6.45, 7) is 3.53. The molecule has 4 heteroatoms. The highest BCUT2D eigenvalue weighted by molar-refractivity contribution is 4.66. The van der Waals surface area contributed by atoms with Crippen LogP contribution in [0.25, 0.3) is 0 Å². The maximum absolute atomic E-state index is 8.28. The number of nitriles is 1. The van der Waals surface area contributed by atoms with Gasteiger partial charge in [0.15, 0.2) is 0 Å². The van der Waals surface area contributed by atoms with E-state index in [1.807, 2.05) is 6.07 Å². The van der Waals surface area contributed by atoms with Gasteiger partial charge in [0.05, 0.1) is 12.2 Å². The van der Waals surface area contributed by atoms with Crippen molar-refractivity contribution in [3.63, 3.8) is 0 Å². The molecule has 0 saturated carbocycles. The Bertz CT molecular complexity index is 234. The van der Waals surface area contributed by atoms with Crippen LogP contribution in [0, 0.1) is 11.3 Å². The fourth-order valence-electron chi connectivity index (χ4n) is 2.23. The van der Waals surface area contributed by atoms with Gasteiger partial charge in [-0.3, -0.25) is 0 Å².